The quantitative estimate of drug-likeness (QED) is 0.206. The van der Waals surface area contributed by atoms with E-state index in [-0.39, 0.29) is 72.6 Å². The van der Waals surface area contributed by atoms with Crippen molar-refractivity contribution in [2.45, 2.75) is 0 Å². The van der Waals surface area contributed by atoms with Crippen LogP contribution >= 0.6 is 0 Å². The van der Waals surface area contributed by atoms with Crippen LogP contribution in [0.25, 0.3) is 0 Å². The molecule has 0 aromatic rings. The van der Waals surface area contributed by atoms with E-state index in [0.717, 1.165) is 0 Å². The smallest absolute Gasteiger partial charge is 0.813 e. The molecule has 6 heteroatoms. The van der Waals surface area contributed by atoms with Gasteiger partial charge in [0.2, 0.25) is 6.16 Å². The van der Waals surface area contributed by atoms with Crippen LogP contribution < -0.4 is 64.2 Å². The molecule has 1 N–H and O–H groups in total. The van der Waals surface area contributed by atoms with Gasteiger partial charge in [-0.15, -0.1) is 0 Å². The molecule has 0 aromatic heterocycles. The first-order valence-electron chi connectivity index (χ1n) is 0.632. The van der Waals surface area contributed by atoms with Gasteiger partial charge in [-0.25, -0.2) is 0 Å². The fraction of sp³-hybridized carbons (Fsp3) is 0. The minimum atomic E-state index is -2.08. The molecule has 0 saturated carbocycles. The van der Waals surface area contributed by atoms with Crippen LogP contribution in [0.4, 0.5) is 4.79 Å². The summed E-state index contributed by atoms with van der Waals surface area (Å²) >= 11 is 0. The Morgan fingerprint density at radius 2 is 1.43 bits per heavy atom. The summed E-state index contributed by atoms with van der Waals surface area (Å²) in [5.74, 6) is 0. The third-order valence-corrected chi connectivity index (χ3v) is 0. The Balaban J connectivity index is -0.0000000150. The van der Waals surface area contributed by atoms with Crippen molar-refractivity contribution in [2.75, 3.05) is 0 Å². The molecule has 0 saturated heterocycles. The standard InChI is InChI=1S/CH2O3.2Na.H2S/c2-1(3)4;;;/h(H2,2,3,4);;;1H2/q;2*+1;/p-2. The minimum Gasteiger partial charge on any atom is -0.813 e. The van der Waals surface area contributed by atoms with Gasteiger partial charge < -0.3 is 28.5 Å². The van der Waals surface area contributed by atoms with Gasteiger partial charge in [-0.1, -0.05) is 0 Å². The summed E-state index contributed by atoms with van der Waals surface area (Å²) in [6.45, 7) is 0. The van der Waals surface area contributed by atoms with Crippen molar-refractivity contribution in [1.82, 2.24) is 0 Å². The van der Waals surface area contributed by atoms with Crippen LogP contribution in [0.2, 0.25) is 0 Å². The molecule has 0 rings (SSSR count). The summed E-state index contributed by atoms with van der Waals surface area (Å²) in [4.78, 5) is 8.44. The number of rotatable bonds is 0. The molecule has 3 nitrogen and oxygen atoms in total. The fourth-order valence-corrected chi connectivity index (χ4v) is 0. The maximum atomic E-state index is 8.44. The van der Waals surface area contributed by atoms with Gasteiger partial charge in [-0.05, 0) is 0 Å². The summed E-state index contributed by atoms with van der Waals surface area (Å²) in [5, 5.41) is 15.3. The van der Waals surface area contributed by atoms with E-state index >= 15 is 0 Å². The third kappa shape index (κ3) is 91.7. The van der Waals surface area contributed by atoms with Crippen molar-refractivity contribution in [3.8, 4) is 0 Å². The monoisotopic (exact) mass is 140 g/mol. The van der Waals surface area contributed by atoms with Gasteiger partial charge in [-0.3, -0.25) is 0 Å². The van der Waals surface area contributed by atoms with Crippen molar-refractivity contribution in [3.05, 3.63) is 0 Å². The zero-order chi connectivity index (χ0) is 3.58. The van der Waals surface area contributed by atoms with E-state index in [1.54, 1.807) is 0 Å². The van der Waals surface area contributed by atoms with E-state index in [1.807, 2.05) is 0 Å². The van der Waals surface area contributed by atoms with Gasteiger partial charge in [0.05, 0.1) is 0 Å². The Morgan fingerprint density at radius 1 is 1.43 bits per heavy atom. The summed E-state index contributed by atoms with van der Waals surface area (Å²) in [5.41, 5.74) is 0. The average Bonchev–Trinajstić information content (AvgIpc) is 0.811. The molecule has 0 spiro atoms. The summed E-state index contributed by atoms with van der Waals surface area (Å²) in [7, 11) is 0. The van der Waals surface area contributed by atoms with Crippen molar-refractivity contribution >= 4 is 19.7 Å². The molecule has 0 unspecified atom stereocenters. The van der Waals surface area contributed by atoms with E-state index < -0.39 is 6.16 Å². The molecule has 0 aromatic carbocycles. The number of hydrogen-bond donors (Lipinski definition) is 1. The van der Waals surface area contributed by atoms with Gasteiger partial charge in [0.1, 0.15) is 0 Å². The Morgan fingerprint density at radius 3 is 1.43 bits per heavy atom. The van der Waals surface area contributed by atoms with Gasteiger partial charge in [-0.2, -0.15) is 0 Å². The summed E-state index contributed by atoms with van der Waals surface area (Å²) < 4.78 is 0. The van der Waals surface area contributed by atoms with E-state index in [4.69, 9.17) is 15.0 Å². The molecule has 0 amide bonds. The van der Waals surface area contributed by atoms with Crippen LogP contribution in [0.3, 0.4) is 0 Å². The zero-order valence-corrected chi connectivity index (χ0v) is 9.11. The predicted molar refractivity (Wildman–Crippen MR) is 16.8 cm³/mol. The molecular weight excluding hydrogens is 138 g/mol. The molecular formula is CH2Na2O3S. The van der Waals surface area contributed by atoms with Gasteiger partial charge in [0.25, 0.3) is 0 Å². The molecule has 0 aliphatic heterocycles. The first-order chi connectivity index (χ1) is 1.73. The van der Waals surface area contributed by atoms with Crippen LogP contribution in [0.5, 0.6) is 0 Å². The Kier molecular flexibility index (Phi) is 52.4. The van der Waals surface area contributed by atoms with Crippen LogP contribution in [0, 0.1) is 0 Å². The minimum absolute atomic E-state index is 0. The van der Waals surface area contributed by atoms with E-state index in [1.165, 1.54) is 0 Å². The normalized spacial score (nSPS) is 3.43. The van der Waals surface area contributed by atoms with E-state index in [0.29, 0.717) is 0 Å². The average molecular weight is 140 g/mol. The molecule has 32 valence electrons. The molecule has 0 heterocycles. The molecule has 7 heavy (non-hydrogen) atoms. The fourth-order valence-electron chi connectivity index (χ4n) is 0. The van der Waals surface area contributed by atoms with Crippen LogP contribution in [-0.4, -0.2) is 11.3 Å². The maximum absolute atomic E-state index is 8.44. The SMILES string of the molecule is O=C([O-])O.[Na+].[Na+].[SH-]. The Labute approximate surface area is 92.5 Å². The Hall–Kier alpha value is 1.62. The van der Waals surface area contributed by atoms with Gasteiger partial charge >= 0.3 is 59.1 Å². The van der Waals surface area contributed by atoms with Crippen LogP contribution in [-0.2, 0) is 13.5 Å². The van der Waals surface area contributed by atoms with Gasteiger partial charge in [0, 0.05) is 0 Å². The molecule has 0 aliphatic carbocycles. The Bertz CT molecular complexity index is 35.9. The predicted octanol–water partition coefficient (Wildman–Crippen LogP) is -7.37. The molecule has 0 atom stereocenters. The largest absolute Gasteiger partial charge is 1.00 e. The second-order valence-electron chi connectivity index (χ2n) is 0.266. The summed E-state index contributed by atoms with van der Waals surface area (Å²) in [6.07, 6.45) is -2.08. The third-order valence-electron chi connectivity index (χ3n) is 0. The van der Waals surface area contributed by atoms with Gasteiger partial charge in [0.15, 0.2) is 0 Å². The molecule has 0 aliphatic rings. The first-order valence-corrected chi connectivity index (χ1v) is 0.632. The topological polar surface area (TPSA) is 60.4 Å². The van der Waals surface area contributed by atoms with Crippen molar-refractivity contribution in [3.63, 3.8) is 0 Å². The number of carbonyl (C=O) groups is 1. The van der Waals surface area contributed by atoms with Crippen LogP contribution in [0.1, 0.15) is 0 Å². The number of hydrogen-bond acceptors (Lipinski definition) is 3. The van der Waals surface area contributed by atoms with Crippen LogP contribution in [0.15, 0.2) is 0 Å². The first kappa shape index (κ1) is 23.4. The number of thiol groups is 1. The van der Waals surface area contributed by atoms with Crippen molar-refractivity contribution < 1.29 is 74.1 Å². The number of carboxylic acid groups (broad SMARTS) is 2. The summed E-state index contributed by atoms with van der Waals surface area (Å²) in [6, 6.07) is 0. The molecule has 0 radical (unpaired) electrons. The van der Waals surface area contributed by atoms with E-state index in [2.05, 4.69) is 0 Å². The van der Waals surface area contributed by atoms with Crippen molar-refractivity contribution in [2.24, 2.45) is 0 Å². The van der Waals surface area contributed by atoms with E-state index in [9.17, 15) is 0 Å². The second-order valence-corrected chi connectivity index (χ2v) is 0.266. The zero-order valence-electron chi connectivity index (χ0n) is 4.21. The van der Waals surface area contributed by atoms with Crippen molar-refractivity contribution in [1.29, 1.82) is 0 Å². The second kappa shape index (κ2) is 15.6. The molecule has 0 bridgehead atoms. The molecule has 0 fully saturated rings. The maximum Gasteiger partial charge on any atom is 1.00 e.